The summed E-state index contributed by atoms with van der Waals surface area (Å²) < 4.78 is 0.746. The summed E-state index contributed by atoms with van der Waals surface area (Å²) in [5, 5.41) is 14.9. The van der Waals surface area contributed by atoms with E-state index in [1.807, 2.05) is 26.8 Å². The number of nitrogens with one attached hydrogen (secondary N) is 2. The van der Waals surface area contributed by atoms with Crippen molar-refractivity contribution < 1.29 is 9.90 Å². The minimum atomic E-state index is -0.386. The highest BCUT2D eigenvalue weighted by atomic mass is 79.9. The highest BCUT2D eigenvalue weighted by Crippen LogP contribution is 2.22. The largest absolute Gasteiger partial charge is 0.393 e. The van der Waals surface area contributed by atoms with E-state index in [9.17, 15) is 9.90 Å². The maximum Gasteiger partial charge on any atom is 0.320 e. The number of hydrogen-bond acceptors (Lipinski definition) is 3. The van der Waals surface area contributed by atoms with Gasteiger partial charge in [-0.05, 0) is 53.2 Å². The van der Waals surface area contributed by atoms with Crippen LogP contribution in [0.3, 0.4) is 0 Å². The fourth-order valence-corrected chi connectivity index (χ4v) is 2.53. The van der Waals surface area contributed by atoms with Crippen molar-refractivity contribution in [2.45, 2.75) is 40.2 Å². The van der Waals surface area contributed by atoms with Gasteiger partial charge in [-0.1, -0.05) is 13.8 Å². The zero-order chi connectivity index (χ0) is 15.3. The molecule has 0 aliphatic carbocycles. The molecule has 20 heavy (non-hydrogen) atoms. The normalized spacial score (nSPS) is 12.9. The Hall–Kier alpha value is -1.14. The predicted molar refractivity (Wildman–Crippen MR) is 83.8 cm³/mol. The van der Waals surface area contributed by atoms with E-state index in [1.54, 1.807) is 13.1 Å². The van der Waals surface area contributed by atoms with Gasteiger partial charge in [0.1, 0.15) is 5.82 Å². The Morgan fingerprint density at radius 3 is 2.75 bits per heavy atom. The highest BCUT2D eigenvalue weighted by molar-refractivity contribution is 9.10. The molecule has 0 fully saturated rings. The van der Waals surface area contributed by atoms with Crippen molar-refractivity contribution in [3.63, 3.8) is 0 Å². The molecular formula is C14H22BrN3O2. The van der Waals surface area contributed by atoms with Crippen molar-refractivity contribution in [2.24, 2.45) is 5.41 Å². The maximum absolute atomic E-state index is 11.8. The third kappa shape index (κ3) is 5.88. The SMILES string of the molecule is Cc1cnc(NC(=O)NCC(C)(C)C[C@@H](C)O)c(Br)c1. The van der Waals surface area contributed by atoms with Crippen LogP contribution in [0.15, 0.2) is 16.7 Å². The van der Waals surface area contributed by atoms with Crippen molar-refractivity contribution in [3.05, 3.63) is 22.3 Å². The van der Waals surface area contributed by atoms with Crippen LogP contribution in [0.1, 0.15) is 32.8 Å². The van der Waals surface area contributed by atoms with Crippen LogP contribution in [-0.4, -0.2) is 28.8 Å². The topological polar surface area (TPSA) is 74.2 Å². The molecule has 112 valence electrons. The minimum Gasteiger partial charge on any atom is -0.393 e. The van der Waals surface area contributed by atoms with Crippen molar-refractivity contribution in [2.75, 3.05) is 11.9 Å². The number of aliphatic hydroxyl groups excluding tert-OH is 1. The lowest BCUT2D eigenvalue weighted by Crippen LogP contribution is -2.38. The first-order valence-corrected chi connectivity index (χ1v) is 7.34. The lowest BCUT2D eigenvalue weighted by molar-refractivity contribution is 0.129. The molecule has 6 heteroatoms. The molecule has 0 bridgehead atoms. The van der Waals surface area contributed by atoms with Crippen LogP contribution in [0.4, 0.5) is 10.6 Å². The molecule has 0 saturated heterocycles. The number of pyridine rings is 1. The molecule has 2 amide bonds. The summed E-state index contributed by atoms with van der Waals surface area (Å²) in [7, 11) is 0. The number of urea groups is 1. The average Bonchev–Trinajstić information content (AvgIpc) is 2.29. The smallest absolute Gasteiger partial charge is 0.320 e. The molecule has 0 aliphatic heterocycles. The molecule has 5 nitrogen and oxygen atoms in total. The number of anilines is 1. The zero-order valence-electron chi connectivity index (χ0n) is 12.3. The van der Waals surface area contributed by atoms with Gasteiger partial charge < -0.3 is 10.4 Å². The van der Waals surface area contributed by atoms with Crippen molar-refractivity contribution in [1.29, 1.82) is 0 Å². The van der Waals surface area contributed by atoms with Crippen LogP contribution in [0, 0.1) is 12.3 Å². The number of rotatable bonds is 5. The first-order chi connectivity index (χ1) is 9.19. The first-order valence-electron chi connectivity index (χ1n) is 6.55. The Morgan fingerprint density at radius 2 is 2.20 bits per heavy atom. The monoisotopic (exact) mass is 343 g/mol. The molecule has 0 saturated carbocycles. The molecule has 0 aromatic carbocycles. The number of hydrogen-bond donors (Lipinski definition) is 3. The van der Waals surface area contributed by atoms with Gasteiger partial charge >= 0.3 is 6.03 Å². The number of aliphatic hydroxyl groups is 1. The number of carbonyl (C=O) groups excluding carboxylic acids is 1. The van der Waals surface area contributed by atoms with E-state index in [4.69, 9.17) is 0 Å². The van der Waals surface area contributed by atoms with Gasteiger partial charge in [-0.3, -0.25) is 5.32 Å². The molecule has 3 N–H and O–H groups in total. The lowest BCUT2D eigenvalue weighted by Gasteiger charge is -2.26. The van der Waals surface area contributed by atoms with Gasteiger partial charge in [-0.2, -0.15) is 0 Å². The van der Waals surface area contributed by atoms with Crippen LogP contribution < -0.4 is 10.6 Å². The fraction of sp³-hybridized carbons (Fsp3) is 0.571. The fourth-order valence-electron chi connectivity index (χ4n) is 1.97. The number of halogens is 1. The summed E-state index contributed by atoms with van der Waals surface area (Å²) in [6.45, 7) is 8.16. The minimum absolute atomic E-state index is 0.163. The second kappa shape index (κ2) is 7.04. The van der Waals surface area contributed by atoms with Crippen LogP contribution in [-0.2, 0) is 0 Å². The summed E-state index contributed by atoms with van der Waals surface area (Å²) in [5.41, 5.74) is 0.851. The quantitative estimate of drug-likeness (QED) is 0.769. The van der Waals surface area contributed by atoms with Gasteiger partial charge in [0.25, 0.3) is 0 Å². The molecule has 1 heterocycles. The van der Waals surface area contributed by atoms with E-state index in [2.05, 4.69) is 31.5 Å². The van der Waals surface area contributed by atoms with Crippen LogP contribution >= 0.6 is 15.9 Å². The summed E-state index contributed by atoms with van der Waals surface area (Å²) >= 11 is 3.36. The van der Waals surface area contributed by atoms with Crippen LogP contribution in [0.2, 0.25) is 0 Å². The van der Waals surface area contributed by atoms with E-state index in [0.717, 1.165) is 10.0 Å². The van der Waals surface area contributed by atoms with Gasteiger partial charge in [0.15, 0.2) is 0 Å². The van der Waals surface area contributed by atoms with E-state index in [1.165, 1.54) is 0 Å². The van der Waals surface area contributed by atoms with Gasteiger partial charge in [0.2, 0.25) is 0 Å². The lowest BCUT2D eigenvalue weighted by atomic mass is 9.87. The van der Waals surface area contributed by atoms with Crippen molar-refractivity contribution in [3.8, 4) is 0 Å². The Balaban J connectivity index is 2.52. The molecule has 0 aliphatic rings. The van der Waals surface area contributed by atoms with E-state index >= 15 is 0 Å². The molecule has 0 spiro atoms. The number of aryl methyl sites for hydroxylation is 1. The van der Waals surface area contributed by atoms with Gasteiger partial charge in [0, 0.05) is 12.7 Å². The first kappa shape index (κ1) is 16.9. The van der Waals surface area contributed by atoms with E-state index < -0.39 is 0 Å². The standard InChI is InChI=1S/C14H22BrN3O2/c1-9-5-11(15)12(16-7-9)18-13(20)17-8-14(3,4)6-10(2)19/h5,7,10,19H,6,8H2,1-4H3,(H2,16,17,18,20)/t10-/m1/s1. The third-order valence-corrected chi connectivity index (χ3v) is 3.39. The Kier molecular flexibility index (Phi) is 5.95. The third-order valence-electron chi connectivity index (χ3n) is 2.79. The number of amides is 2. The number of nitrogens with zero attached hydrogens (tertiary/aromatic N) is 1. The second-order valence-corrected chi connectivity index (χ2v) is 6.72. The Bertz CT molecular complexity index is 475. The van der Waals surface area contributed by atoms with Crippen molar-refractivity contribution >= 4 is 27.8 Å². The Labute approximate surface area is 128 Å². The molecule has 1 rings (SSSR count). The predicted octanol–water partition coefficient (Wildman–Crippen LogP) is 3.07. The van der Waals surface area contributed by atoms with E-state index in [-0.39, 0.29) is 17.6 Å². The molecule has 1 aromatic rings. The molecule has 1 aromatic heterocycles. The number of carbonyl (C=O) groups is 1. The number of aromatic nitrogens is 1. The summed E-state index contributed by atoms with van der Waals surface area (Å²) in [4.78, 5) is 16.0. The summed E-state index contributed by atoms with van der Waals surface area (Å²) in [6.07, 6.45) is 1.93. The highest BCUT2D eigenvalue weighted by Gasteiger charge is 2.21. The van der Waals surface area contributed by atoms with Crippen LogP contribution in [0.25, 0.3) is 0 Å². The molecule has 0 unspecified atom stereocenters. The summed E-state index contributed by atoms with van der Waals surface area (Å²) in [5.74, 6) is 0.487. The molecule has 1 atom stereocenters. The molecular weight excluding hydrogens is 322 g/mol. The van der Waals surface area contributed by atoms with E-state index in [0.29, 0.717) is 18.8 Å². The van der Waals surface area contributed by atoms with Gasteiger partial charge in [-0.25, -0.2) is 9.78 Å². The maximum atomic E-state index is 11.8. The van der Waals surface area contributed by atoms with Crippen LogP contribution in [0.5, 0.6) is 0 Å². The average molecular weight is 344 g/mol. The van der Waals surface area contributed by atoms with Gasteiger partial charge in [0.05, 0.1) is 10.6 Å². The Morgan fingerprint density at radius 1 is 1.55 bits per heavy atom. The second-order valence-electron chi connectivity index (χ2n) is 5.87. The zero-order valence-corrected chi connectivity index (χ0v) is 13.9. The summed E-state index contributed by atoms with van der Waals surface area (Å²) in [6, 6.07) is 1.58. The van der Waals surface area contributed by atoms with Gasteiger partial charge in [-0.15, -0.1) is 0 Å². The van der Waals surface area contributed by atoms with Crippen molar-refractivity contribution in [1.82, 2.24) is 10.3 Å². The molecule has 0 radical (unpaired) electrons.